The van der Waals surface area contributed by atoms with Crippen LogP contribution in [0.1, 0.15) is 60.8 Å². The maximum atomic E-state index is 11.8. The molecule has 5 N–H and O–H groups in total. The van der Waals surface area contributed by atoms with E-state index >= 15 is 0 Å². The molecule has 0 spiro atoms. The van der Waals surface area contributed by atoms with Gasteiger partial charge in [-0.3, -0.25) is 0 Å². The molecule has 146 valence electrons. The highest BCUT2D eigenvalue weighted by Gasteiger charge is 2.22. The lowest BCUT2D eigenvalue weighted by Crippen LogP contribution is -2.46. The fraction of sp³-hybridized carbons (Fsp3) is 0.812. The van der Waals surface area contributed by atoms with E-state index < -0.39 is 29.4 Å². The Hall–Kier alpha value is -2.19. The number of oxime groups is 1. The lowest BCUT2D eigenvalue weighted by Gasteiger charge is -2.23. The van der Waals surface area contributed by atoms with E-state index in [-0.39, 0.29) is 5.84 Å². The highest BCUT2D eigenvalue weighted by molar-refractivity contribution is 5.88. The molecular formula is C16H32N4O5. The van der Waals surface area contributed by atoms with Crippen LogP contribution >= 0.6 is 0 Å². The second-order valence-corrected chi connectivity index (χ2v) is 7.65. The van der Waals surface area contributed by atoms with E-state index in [1.165, 1.54) is 0 Å². The molecule has 0 fully saturated rings. The largest absolute Gasteiger partial charge is 0.444 e. The van der Waals surface area contributed by atoms with Gasteiger partial charge in [0.1, 0.15) is 11.2 Å². The van der Waals surface area contributed by atoms with Crippen molar-refractivity contribution in [1.82, 2.24) is 10.6 Å². The average Bonchev–Trinajstić information content (AvgIpc) is 2.40. The molecule has 0 aliphatic rings. The van der Waals surface area contributed by atoms with Gasteiger partial charge in [0.2, 0.25) is 0 Å². The number of nitrogens with two attached hydrogens (primary N) is 1. The molecule has 0 aromatic heterocycles. The third-order valence-electron chi connectivity index (χ3n) is 2.75. The SMILES string of the molecule is CC(C)(C)OC(=O)NCCCC[C@H](NC(=O)OC(C)(C)C)/C(N)=N/O. The first-order valence-corrected chi connectivity index (χ1v) is 8.28. The fourth-order valence-corrected chi connectivity index (χ4v) is 1.79. The van der Waals surface area contributed by atoms with Crippen LogP contribution in [0.5, 0.6) is 0 Å². The van der Waals surface area contributed by atoms with E-state index in [9.17, 15) is 9.59 Å². The van der Waals surface area contributed by atoms with Crippen molar-refractivity contribution in [2.75, 3.05) is 6.54 Å². The third-order valence-corrected chi connectivity index (χ3v) is 2.75. The molecule has 1 atom stereocenters. The standard InChI is InChI=1S/C16H32N4O5/c1-15(2,3)24-13(21)18-10-8-7-9-11(12(17)20-23)19-14(22)25-16(4,5)6/h11,23H,7-10H2,1-6H3,(H2,17,20)(H,18,21)(H,19,22)/t11-/m0/s1. The number of nitrogens with one attached hydrogen (secondary N) is 2. The summed E-state index contributed by atoms with van der Waals surface area (Å²) in [5.74, 6) is -0.106. The minimum absolute atomic E-state index is 0.106. The molecule has 9 heteroatoms. The highest BCUT2D eigenvalue weighted by atomic mass is 16.6. The number of amidine groups is 1. The Labute approximate surface area is 149 Å². The molecule has 0 saturated heterocycles. The van der Waals surface area contributed by atoms with Gasteiger partial charge in [0.05, 0.1) is 6.04 Å². The summed E-state index contributed by atoms with van der Waals surface area (Å²) in [5.41, 5.74) is 4.42. The second kappa shape index (κ2) is 9.95. The third kappa shape index (κ3) is 12.8. The first-order valence-electron chi connectivity index (χ1n) is 8.28. The number of ether oxygens (including phenoxy) is 2. The molecule has 0 radical (unpaired) electrons. The van der Waals surface area contributed by atoms with E-state index in [1.807, 2.05) is 0 Å². The first kappa shape index (κ1) is 22.8. The second-order valence-electron chi connectivity index (χ2n) is 7.65. The number of alkyl carbamates (subject to hydrolysis) is 2. The Morgan fingerprint density at radius 1 is 1.04 bits per heavy atom. The van der Waals surface area contributed by atoms with E-state index in [2.05, 4.69) is 15.8 Å². The minimum Gasteiger partial charge on any atom is -0.444 e. The minimum atomic E-state index is -0.652. The maximum absolute atomic E-state index is 11.8. The van der Waals surface area contributed by atoms with Crippen molar-refractivity contribution in [3.63, 3.8) is 0 Å². The molecule has 0 saturated carbocycles. The monoisotopic (exact) mass is 360 g/mol. The van der Waals surface area contributed by atoms with Crippen LogP contribution in [0.4, 0.5) is 9.59 Å². The molecule has 0 bridgehead atoms. The van der Waals surface area contributed by atoms with Crippen molar-refractivity contribution in [2.45, 2.75) is 78.0 Å². The maximum Gasteiger partial charge on any atom is 0.408 e. The summed E-state index contributed by atoms with van der Waals surface area (Å²) >= 11 is 0. The molecule has 25 heavy (non-hydrogen) atoms. The summed E-state index contributed by atoms with van der Waals surface area (Å²) in [6.45, 7) is 11.0. The summed E-state index contributed by atoms with van der Waals surface area (Å²) in [4.78, 5) is 23.3. The lowest BCUT2D eigenvalue weighted by molar-refractivity contribution is 0.0511. The van der Waals surface area contributed by atoms with Gasteiger partial charge in [0.25, 0.3) is 0 Å². The van der Waals surface area contributed by atoms with Crippen LogP contribution in [0.25, 0.3) is 0 Å². The van der Waals surface area contributed by atoms with Gasteiger partial charge in [-0.05, 0) is 60.8 Å². The van der Waals surface area contributed by atoms with Crippen LogP contribution in [-0.4, -0.2) is 47.0 Å². The molecule has 0 rings (SSSR count). The van der Waals surface area contributed by atoms with Gasteiger partial charge in [-0.25, -0.2) is 9.59 Å². The van der Waals surface area contributed by atoms with Crippen molar-refractivity contribution in [2.24, 2.45) is 10.9 Å². The zero-order valence-corrected chi connectivity index (χ0v) is 16.0. The smallest absolute Gasteiger partial charge is 0.408 e. The van der Waals surface area contributed by atoms with Gasteiger partial charge in [0, 0.05) is 6.54 Å². The van der Waals surface area contributed by atoms with Gasteiger partial charge < -0.3 is 31.0 Å². The zero-order chi connectivity index (χ0) is 19.7. The topological polar surface area (TPSA) is 135 Å². The summed E-state index contributed by atoms with van der Waals surface area (Å²) in [6.07, 6.45) is 0.588. The summed E-state index contributed by atoms with van der Waals surface area (Å²) in [7, 11) is 0. The van der Waals surface area contributed by atoms with Crippen LogP contribution in [0.2, 0.25) is 0 Å². The molecule has 0 aliphatic carbocycles. The first-order chi connectivity index (χ1) is 11.3. The molecule has 9 nitrogen and oxygen atoms in total. The number of carbonyl (C=O) groups is 2. The fourth-order valence-electron chi connectivity index (χ4n) is 1.79. The summed E-state index contributed by atoms with van der Waals surface area (Å²) in [5, 5.41) is 17.0. The highest BCUT2D eigenvalue weighted by Crippen LogP contribution is 2.09. The average molecular weight is 360 g/mol. The Morgan fingerprint density at radius 2 is 1.56 bits per heavy atom. The van der Waals surface area contributed by atoms with Crippen molar-refractivity contribution in [1.29, 1.82) is 0 Å². The summed E-state index contributed by atoms with van der Waals surface area (Å²) < 4.78 is 10.3. The van der Waals surface area contributed by atoms with Gasteiger partial charge in [-0.2, -0.15) is 0 Å². The van der Waals surface area contributed by atoms with Crippen LogP contribution < -0.4 is 16.4 Å². The Morgan fingerprint density at radius 3 is 2.04 bits per heavy atom. The summed E-state index contributed by atoms with van der Waals surface area (Å²) in [6, 6.07) is -0.652. The lowest BCUT2D eigenvalue weighted by atomic mass is 10.1. The molecule has 0 aromatic carbocycles. The quantitative estimate of drug-likeness (QED) is 0.181. The van der Waals surface area contributed by atoms with Crippen molar-refractivity contribution < 1.29 is 24.3 Å². The van der Waals surface area contributed by atoms with Crippen molar-refractivity contribution in [3.8, 4) is 0 Å². The van der Waals surface area contributed by atoms with Gasteiger partial charge >= 0.3 is 12.2 Å². The number of nitrogens with zero attached hydrogens (tertiary/aromatic N) is 1. The van der Waals surface area contributed by atoms with Crippen LogP contribution in [0.15, 0.2) is 5.16 Å². The van der Waals surface area contributed by atoms with Gasteiger partial charge in [0.15, 0.2) is 5.84 Å². The van der Waals surface area contributed by atoms with Crippen LogP contribution in [0, 0.1) is 0 Å². The van der Waals surface area contributed by atoms with Gasteiger partial charge in [-0.1, -0.05) is 5.16 Å². The number of hydrogen-bond donors (Lipinski definition) is 4. The molecular weight excluding hydrogens is 328 g/mol. The Bertz CT molecular complexity index is 466. The predicted molar refractivity (Wildman–Crippen MR) is 94.7 cm³/mol. The number of hydrogen-bond acceptors (Lipinski definition) is 6. The number of carbonyl (C=O) groups excluding carboxylic acids is 2. The Kier molecular flexibility index (Phi) is 9.08. The number of amides is 2. The number of unbranched alkanes of at least 4 members (excludes halogenated alkanes) is 1. The Balaban J connectivity index is 4.26. The van der Waals surface area contributed by atoms with E-state index in [0.29, 0.717) is 25.8 Å². The molecule has 2 amide bonds. The predicted octanol–water partition coefficient (Wildman–Crippen LogP) is 2.32. The molecule has 0 unspecified atom stereocenters. The zero-order valence-electron chi connectivity index (χ0n) is 16.0. The van der Waals surface area contributed by atoms with Crippen LogP contribution in [0.3, 0.4) is 0 Å². The van der Waals surface area contributed by atoms with E-state index in [4.69, 9.17) is 20.4 Å². The van der Waals surface area contributed by atoms with Crippen molar-refractivity contribution in [3.05, 3.63) is 0 Å². The van der Waals surface area contributed by atoms with E-state index in [1.54, 1.807) is 41.5 Å². The van der Waals surface area contributed by atoms with Crippen molar-refractivity contribution >= 4 is 18.0 Å². The van der Waals surface area contributed by atoms with Gasteiger partial charge in [-0.15, -0.1) is 0 Å². The molecule has 0 aromatic rings. The van der Waals surface area contributed by atoms with E-state index in [0.717, 1.165) is 0 Å². The number of rotatable bonds is 7. The molecule has 0 heterocycles. The van der Waals surface area contributed by atoms with Crippen LogP contribution in [-0.2, 0) is 9.47 Å². The normalized spacial score (nSPS) is 13.8. The molecule has 0 aliphatic heterocycles.